The smallest absolute Gasteiger partial charge is 0.0280 e. The van der Waals surface area contributed by atoms with Crippen molar-refractivity contribution in [3.8, 4) is 0 Å². The molecule has 0 aromatic carbocycles. The first-order valence-electron chi connectivity index (χ1n) is 4.89. The van der Waals surface area contributed by atoms with E-state index in [1.54, 1.807) is 0 Å². The summed E-state index contributed by atoms with van der Waals surface area (Å²) in [5.74, 6) is 0.902. The third-order valence-electron chi connectivity index (χ3n) is 2.80. The molecule has 0 saturated heterocycles. The van der Waals surface area contributed by atoms with E-state index in [0.29, 0.717) is 5.41 Å². The van der Waals surface area contributed by atoms with Crippen LogP contribution in [-0.4, -0.2) is 5.88 Å². The van der Waals surface area contributed by atoms with Gasteiger partial charge in [-0.25, -0.2) is 0 Å². The van der Waals surface area contributed by atoms with Crippen LogP contribution >= 0.6 is 11.6 Å². The lowest BCUT2D eigenvalue weighted by molar-refractivity contribution is 0.479. The Morgan fingerprint density at radius 1 is 1.18 bits per heavy atom. The molecule has 11 heavy (non-hydrogen) atoms. The number of hydrogen-bond donors (Lipinski definition) is 0. The monoisotopic (exact) mass is 174 g/mol. The maximum absolute atomic E-state index is 5.87. The summed E-state index contributed by atoms with van der Waals surface area (Å²) in [6, 6.07) is 0. The predicted octanol–water partition coefficient (Wildman–Crippen LogP) is 3.98. The molecule has 0 aromatic heterocycles. The first kappa shape index (κ1) is 9.38. The number of unbranched alkanes of at least 4 members (excludes halogenated alkanes) is 3. The second-order valence-electron chi connectivity index (χ2n) is 3.94. The lowest BCUT2D eigenvalue weighted by atomic mass is 10.0. The lowest BCUT2D eigenvalue weighted by Gasteiger charge is -2.09. The van der Waals surface area contributed by atoms with E-state index in [-0.39, 0.29) is 0 Å². The first-order valence-corrected chi connectivity index (χ1v) is 5.42. The van der Waals surface area contributed by atoms with Gasteiger partial charge in [0.05, 0.1) is 0 Å². The molecule has 0 bridgehead atoms. The van der Waals surface area contributed by atoms with Gasteiger partial charge in [0.15, 0.2) is 0 Å². The first-order chi connectivity index (χ1) is 5.33. The molecule has 66 valence electrons. The molecule has 1 rings (SSSR count). The fraction of sp³-hybridized carbons (Fsp3) is 1.00. The van der Waals surface area contributed by atoms with Crippen LogP contribution in [-0.2, 0) is 0 Å². The summed E-state index contributed by atoms with van der Waals surface area (Å²) < 4.78 is 0. The summed E-state index contributed by atoms with van der Waals surface area (Å²) in [7, 11) is 0. The average molecular weight is 175 g/mol. The van der Waals surface area contributed by atoms with Crippen molar-refractivity contribution in [1.29, 1.82) is 0 Å². The summed E-state index contributed by atoms with van der Waals surface area (Å²) in [5, 5.41) is 0. The summed E-state index contributed by atoms with van der Waals surface area (Å²) >= 11 is 5.87. The summed E-state index contributed by atoms with van der Waals surface area (Å²) in [6.45, 7) is 2.26. The van der Waals surface area contributed by atoms with Crippen LogP contribution in [0.2, 0.25) is 0 Å². The second kappa shape index (κ2) is 4.35. The Morgan fingerprint density at radius 2 is 1.91 bits per heavy atom. The van der Waals surface area contributed by atoms with Crippen LogP contribution in [0.25, 0.3) is 0 Å². The van der Waals surface area contributed by atoms with Crippen LogP contribution in [0.5, 0.6) is 0 Å². The summed E-state index contributed by atoms with van der Waals surface area (Å²) in [5.41, 5.74) is 0.606. The van der Waals surface area contributed by atoms with Gasteiger partial charge in [0.25, 0.3) is 0 Å². The Balaban J connectivity index is 1.94. The normalized spacial score (nSPS) is 20.2. The van der Waals surface area contributed by atoms with Crippen molar-refractivity contribution in [3.05, 3.63) is 0 Å². The van der Waals surface area contributed by atoms with Crippen molar-refractivity contribution in [2.24, 2.45) is 5.41 Å². The van der Waals surface area contributed by atoms with E-state index in [2.05, 4.69) is 6.92 Å². The molecular weight excluding hydrogens is 156 g/mol. The maximum atomic E-state index is 5.87. The second-order valence-corrected chi connectivity index (χ2v) is 4.21. The Morgan fingerprint density at radius 3 is 2.36 bits per heavy atom. The predicted molar refractivity (Wildman–Crippen MR) is 51.1 cm³/mol. The number of alkyl halides is 1. The number of halogens is 1. The fourth-order valence-corrected chi connectivity index (χ4v) is 1.95. The van der Waals surface area contributed by atoms with Gasteiger partial charge in [-0.15, -0.1) is 11.6 Å². The minimum Gasteiger partial charge on any atom is -0.126 e. The maximum Gasteiger partial charge on any atom is 0.0280 e. The molecule has 0 heterocycles. The summed E-state index contributed by atoms with van der Waals surface area (Å²) in [4.78, 5) is 0. The molecule has 0 spiro atoms. The topological polar surface area (TPSA) is 0 Å². The molecule has 0 unspecified atom stereocenters. The van der Waals surface area contributed by atoms with Crippen LogP contribution in [0.3, 0.4) is 0 Å². The minimum atomic E-state index is 0.606. The zero-order valence-electron chi connectivity index (χ0n) is 7.53. The van der Waals surface area contributed by atoms with Gasteiger partial charge in [-0.2, -0.15) is 0 Å². The van der Waals surface area contributed by atoms with Crippen molar-refractivity contribution in [2.75, 3.05) is 5.88 Å². The van der Waals surface area contributed by atoms with E-state index in [1.807, 2.05) is 0 Å². The van der Waals surface area contributed by atoms with Gasteiger partial charge in [0.1, 0.15) is 0 Å². The molecular formula is C10H19Cl. The fourth-order valence-electron chi connectivity index (χ4n) is 1.55. The van der Waals surface area contributed by atoms with Crippen molar-refractivity contribution in [3.63, 3.8) is 0 Å². The quantitative estimate of drug-likeness (QED) is 0.422. The highest BCUT2D eigenvalue weighted by atomic mass is 35.5. The van der Waals surface area contributed by atoms with E-state index < -0.39 is 0 Å². The molecule has 0 aliphatic heterocycles. The largest absolute Gasteiger partial charge is 0.126 e. The molecule has 0 amide bonds. The van der Waals surface area contributed by atoms with E-state index >= 15 is 0 Å². The molecule has 0 radical (unpaired) electrons. The van der Waals surface area contributed by atoms with Crippen molar-refractivity contribution in [1.82, 2.24) is 0 Å². The van der Waals surface area contributed by atoms with Crippen LogP contribution in [0.1, 0.15) is 51.9 Å². The molecule has 1 heteroatoms. The zero-order valence-corrected chi connectivity index (χ0v) is 8.29. The van der Waals surface area contributed by atoms with Gasteiger partial charge in [0, 0.05) is 5.88 Å². The molecule has 1 saturated carbocycles. The number of hydrogen-bond acceptors (Lipinski definition) is 0. The SMILES string of the molecule is CCCCCCC1(CCl)CC1. The Bertz CT molecular complexity index is 105. The van der Waals surface area contributed by atoms with Crippen LogP contribution < -0.4 is 0 Å². The highest BCUT2D eigenvalue weighted by Crippen LogP contribution is 2.50. The van der Waals surface area contributed by atoms with Crippen molar-refractivity contribution < 1.29 is 0 Å². The average Bonchev–Trinajstić information content (AvgIpc) is 2.80. The van der Waals surface area contributed by atoms with E-state index in [9.17, 15) is 0 Å². The lowest BCUT2D eigenvalue weighted by Crippen LogP contribution is -2.01. The van der Waals surface area contributed by atoms with Crippen LogP contribution in [0.15, 0.2) is 0 Å². The van der Waals surface area contributed by atoms with E-state index in [1.165, 1.54) is 44.9 Å². The number of rotatable bonds is 6. The zero-order chi connectivity index (χ0) is 8.16. The van der Waals surface area contributed by atoms with Crippen LogP contribution in [0, 0.1) is 5.41 Å². The van der Waals surface area contributed by atoms with Gasteiger partial charge in [-0.3, -0.25) is 0 Å². The van der Waals surface area contributed by atoms with Gasteiger partial charge >= 0.3 is 0 Å². The van der Waals surface area contributed by atoms with Crippen molar-refractivity contribution in [2.45, 2.75) is 51.9 Å². The Hall–Kier alpha value is 0.290. The molecule has 1 aliphatic rings. The molecule has 0 atom stereocenters. The van der Waals surface area contributed by atoms with E-state index in [4.69, 9.17) is 11.6 Å². The Labute approximate surface area is 75.3 Å². The Kier molecular flexibility index (Phi) is 3.71. The van der Waals surface area contributed by atoms with Gasteiger partial charge in [-0.05, 0) is 24.7 Å². The third-order valence-corrected chi connectivity index (χ3v) is 3.37. The molecule has 0 N–H and O–H groups in total. The molecule has 0 nitrogen and oxygen atoms in total. The van der Waals surface area contributed by atoms with Gasteiger partial charge in [-0.1, -0.05) is 32.6 Å². The molecule has 1 fully saturated rings. The highest BCUT2D eigenvalue weighted by molar-refractivity contribution is 6.18. The van der Waals surface area contributed by atoms with Crippen molar-refractivity contribution >= 4 is 11.6 Å². The van der Waals surface area contributed by atoms with Gasteiger partial charge in [0.2, 0.25) is 0 Å². The molecule has 1 aliphatic carbocycles. The van der Waals surface area contributed by atoms with Crippen LogP contribution in [0.4, 0.5) is 0 Å². The highest BCUT2D eigenvalue weighted by Gasteiger charge is 2.40. The molecule has 0 aromatic rings. The third kappa shape index (κ3) is 3.02. The van der Waals surface area contributed by atoms with Gasteiger partial charge < -0.3 is 0 Å². The van der Waals surface area contributed by atoms with E-state index in [0.717, 1.165) is 5.88 Å². The minimum absolute atomic E-state index is 0.606. The standard InChI is InChI=1S/C10H19Cl/c1-2-3-4-5-6-10(9-11)7-8-10/h2-9H2,1H3. The summed E-state index contributed by atoms with van der Waals surface area (Å²) in [6.07, 6.45) is 9.73.